The number of hydrogen-bond acceptors (Lipinski definition) is 5. The Morgan fingerprint density at radius 2 is 2.05 bits per heavy atom. The van der Waals surface area contributed by atoms with Crippen molar-refractivity contribution in [2.75, 3.05) is 6.61 Å². The van der Waals surface area contributed by atoms with Gasteiger partial charge in [0, 0.05) is 12.6 Å². The van der Waals surface area contributed by atoms with Crippen molar-refractivity contribution in [2.24, 2.45) is 5.73 Å². The van der Waals surface area contributed by atoms with E-state index in [9.17, 15) is 15.2 Å². The third-order valence-corrected chi connectivity index (χ3v) is 3.74. The van der Waals surface area contributed by atoms with Crippen LogP contribution in [0.3, 0.4) is 0 Å². The molecule has 0 spiro atoms. The number of ether oxygens (including phenoxy) is 1. The van der Waals surface area contributed by atoms with Crippen LogP contribution in [0.4, 0.5) is 5.69 Å². The van der Waals surface area contributed by atoms with Gasteiger partial charge in [-0.25, -0.2) is 0 Å². The first-order valence-corrected chi connectivity index (χ1v) is 6.87. The number of rotatable bonds is 5. The summed E-state index contributed by atoms with van der Waals surface area (Å²) in [6, 6.07) is 4.67. The molecular formula is C14H20N2O4. The van der Waals surface area contributed by atoms with Gasteiger partial charge in [0.25, 0.3) is 0 Å². The Kier molecular flexibility index (Phi) is 4.57. The second kappa shape index (κ2) is 6.19. The number of nitro groups is 1. The number of nitro benzene ring substituents is 1. The van der Waals surface area contributed by atoms with E-state index in [-0.39, 0.29) is 24.6 Å². The summed E-state index contributed by atoms with van der Waals surface area (Å²) in [6.45, 7) is 0.334. The average molecular weight is 280 g/mol. The molecular weight excluding hydrogens is 260 g/mol. The lowest BCUT2D eigenvalue weighted by atomic mass is 9.85. The average Bonchev–Trinajstić information content (AvgIpc) is 2.45. The van der Waals surface area contributed by atoms with Gasteiger partial charge in [-0.3, -0.25) is 10.1 Å². The molecule has 1 aromatic carbocycles. The standard InChI is InChI=1S/C14H20N2O4/c15-9-11-4-5-13(12(8-11)16(18)19)20-10-14(17)6-2-1-3-7-14/h4-5,8,17H,1-3,6-7,9-10,15H2. The Morgan fingerprint density at radius 3 is 2.65 bits per heavy atom. The monoisotopic (exact) mass is 280 g/mol. The Bertz CT molecular complexity index is 484. The SMILES string of the molecule is NCc1ccc(OCC2(O)CCCCC2)c([N+](=O)[O-])c1. The molecule has 3 N–H and O–H groups in total. The first-order chi connectivity index (χ1) is 9.54. The zero-order chi connectivity index (χ0) is 14.6. The van der Waals surface area contributed by atoms with Gasteiger partial charge in [0.1, 0.15) is 6.61 Å². The topological polar surface area (TPSA) is 98.6 Å². The first-order valence-electron chi connectivity index (χ1n) is 6.87. The van der Waals surface area contributed by atoms with Crippen LogP contribution in [-0.2, 0) is 6.54 Å². The minimum Gasteiger partial charge on any atom is -0.484 e. The van der Waals surface area contributed by atoms with Crippen LogP contribution in [0.2, 0.25) is 0 Å². The van der Waals surface area contributed by atoms with Crippen molar-refractivity contribution in [1.29, 1.82) is 0 Å². The zero-order valence-corrected chi connectivity index (χ0v) is 11.4. The van der Waals surface area contributed by atoms with E-state index >= 15 is 0 Å². The van der Waals surface area contributed by atoms with Crippen LogP contribution in [0.5, 0.6) is 5.75 Å². The molecule has 0 bridgehead atoms. The first kappa shape index (κ1) is 14.7. The fourth-order valence-corrected chi connectivity index (χ4v) is 2.52. The zero-order valence-electron chi connectivity index (χ0n) is 11.4. The summed E-state index contributed by atoms with van der Waals surface area (Å²) >= 11 is 0. The summed E-state index contributed by atoms with van der Waals surface area (Å²) in [6.07, 6.45) is 4.42. The van der Waals surface area contributed by atoms with E-state index in [0.29, 0.717) is 18.4 Å². The predicted molar refractivity (Wildman–Crippen MR) is 74.5 cm³/mol. The van der Waals surface area contributed by atoms with Gasteiger partial charge in [-0.1, -0.05) is 25.3 Å². The van der Waals surface area contributed by atoms with Gasteiger partial charge in [-0.2, -0.15) is 0 Å². The van der Waals surface area contributed by atoms with Gasteiger partial charge >= 0.3 is 5.69 Å². The van der Waals surface area contributed by atoms with E-state index in [0.717, 1.165) is 19.3 Å². The molecule has 0 unspecified atom stereocenters. The van der Waals surface area contributed by atoms with Crippen molar-refractivity contribution in [2.45, 2.75) is 44.2 Å². The molecule has 0 aromatic heterocycles. The lowest BCUT2D eigenvalue weighted by molar-refractivity contribution is -0.386. The molecule has 20 heavy (non-hydrogen) atoms. The maximum Gasteiger partial charge on any atom is 0.311 e. The number of hydrogen-bond donors (Lipinski definition) is 2. The Balaban J connectivity index is 2.10. The van der Waals surface area contributed by atoms with E-state index in [1.54, 1.807) is 12.1 Å². The maximum atomic E-state index is 11.0. The number of nitrogens with zero attached hydrogens (tertiary/aromatic N) is 1. The van der Waals surface area contributed by atoms with Crippen LogP contribution in [-0.4, -0.2) is 22.2 Å². The molecule has 1 saturated carbocycles. The normalized spacial score (nSPS) is 17.7. The Hall–Kier alpha value is -1.66. The number of nitrogens with two attached hydrogens (primary N) is 1. The van der Waals surface area contributed by atoms with Crippen LogP contribution in [0.1, 0.15) is 37.7 Å². The fraction of sp³-hybridized carbons (Fsp3) is 0.571. The molecule has 1 aromatic rings. The number of benzene rings is 1. The second-order valence-corrected chi connectivity index (χ2v) is 5.34. The van der Waals surface area contributed by atoms with Gasteiger partial charge in [0.2, 0.25) is 0 Å². The highest BCUT2D eigenvalue weighted by atomic mass is 16.6. The lowest BCUT2D eigenvalue weighted by Crippen LogP contribution is -2.38. The van der Waals surface area contributed by atoms with Crippen LogP contribution in [0.15, 0.2) is 18.2 Å². The summed E-state index contributed by atoms with van der Waals surface area (Å²) in [5.74, 6) is 0.186. The molecule has 1 aliphatic carbocycles. The molecule has 0 atom stereocenters. The van der Waals surface area contributed by atoms with E-state index in [4.69, 9.17) is 10.5 Å². The van der Waals surface area contributed by atoms with Gasteiger partial charge in [0.15, 0.2) is 5.75 Å². The van der Waals surface area contributed by atoms with Gasteiger partial charge in [0.05, 0.1) is 10.5 Å². The quantitative estimate of drug-likeness (QED) is 0.636. The van der Waals surface area contributed by atoms with Crippen LogP contribution in [0, 0.1) is 10.1 Å². The summed E-state index contributed by atoms with van der Waals surface area (Å²) < 4.78 is 5.51. The Morgan fingerprint density at radius 1 is 1.35 bits per heavy atom. The van der Waals surface area contributed by atoms with Crippen molar-refractivity contribution in [3.8, 4) is 5.75 Å². The molecule has 0 radical (unpaired) electrons. The molecule has 2 rings (SSSR count). The largest absolute Gasteiger partial charge is 0.484 e. The van der Waals surface area contributed by atoms with Gasteiger partial charge in [-0.05, 0) is 24.5 Å². The van der Waals surface area contributed by atoms with Crippen molar-refractivity contribution >= 4 is 5.69 Å². The van der Waals surface area contributed by atoms with Crippen molar-refractivity contribution < 1.29 is 14.8 Å². The van der Waals surface area contributed by atoms with Crippen molar-refractivity contribution in [3.05, 3.63) is 33.9 Å². The van der Waals surface area contributed by atoms with E-state index in [1.165, 1.54) is 6.07 Å². The van der Waals surface area contributed by atoms with Crippen LogP contribution in [0.25, 0.3) is 0 Å². The molecule has 0 aliphatic heterocycles. The third kappa shape index (κ3) is 3.46. The highest BCUT2D eigenvalue weighted by Gasteiger charge is 2.31. The summed E-state index contributed by atoms with van der Waals surface area (Å²) in [5.41, 5.74) is 5.19. The maximum absolute atomic E-state index is 11.0. The summed E-state index contributed by atoms with van der Waals surface area (Å²) in [7, 11) is 0. The molecule has 0 saturated heterocycles. The molecule has 110 valence electrons. The van der Waals surface area contributed by atoms with E-state index in [1.807, 2.05) is 0 Å². The van der Waals surface area contributed by atoms with Crippen molar-refractivity contribution in [3.63, 3.8) is 0 Å². The van der Waals surface area contributed by atoms with Crippen molar-refractivity contribution in [1.82, 2.24) is 0 Å². The number of aliphatic hydroxyl groups is 1. The minimum atomic E-state index is -0.862. The predicted octanol–water partition coefficient (Wildman–Crippen LogP) is 2.13. The van der Waals surface area contributed by atoms with Crippen LogP contribution >= 0.6 is 0 Å². The molecule has 0 heterocycles. The summed E-state index contributed by atoms with van der Waals surface area (Å²) in [4.78, 5) is 10.6. The molecule has 0 amide bonds. The smallest absolute Gasteiger partial charge is 0.311 e. The van der Waals surface area contributed by atoms with E-state index in [2.05, 4.69) is 0 Å². The summed E-state index contributed by atoms with van der Waals surface area (Å²) in [5, 5.41) is 21.4. The second-order valence-electron chi connectivity index (χ2n) is 5.34. The van der Waals surface area contributed by atoms with E-state index < -0.39 is 10.5 Å². The minimum absolute atomic E-state index is 0.0931. The highest BCUT2D eigenvalue weighted by Crippen LogP contribution is 2.32. The molecule has 1 fully saturated rings. The fourth-order valence-electron chi connectivity index (χ4n) is 2.52. The van der Waals surface area contributed by atoms with Crippen LogP contribution < -0.4 is 10.5 Å². The van der Waals surface area contributed by atoms with Gasteiger partial charge in [-0.15, -0.1) is 0 Å². The molecule has 1 aliphatic rings. The molecule has 6 heteroatoms. The molecule has 6 nitrogen and oxygen atoms in total. The Labute approximate surface area is 117 Å². The highest BCUT2D eigenvalue weighted by molar-refractivity contribution is 5.48. The third-order valence-electron chi connectivity index (χ3n) is 3.74. The van der Waals surface area contributed by atoms with Gasteiger partial charge < -0.3 is 15.6 Å². The lowest BCUT2D eigenvalue weighted by Gasteiger charge is -2.31.